The molecule has 7 heteroatoms. The number of ketones is 1. The molecule has 3 heterocycles. The van der Waals surface area contributed by atoms with E-state index >= 15 is 0 Å². The lowest BCUT2D eigenvalue weighted by Crippen LogP contribution is -2.31. The van der Waals surface area contributed by atoms with Crippen LogP contribution in [-0.2, 0) is 4.79 Å². The van der Waals surface area contributed by atoms with Gasteiger partial charge < -0.3 is 9.52 Å². The molecular weight excluding hydrogens is 351 g/mol. The first kappa shape index (κ1) is 16.7. The second-order valence-electron chi connectivity index (χ2n) is 5.90. The van der Waals surface area contributed by atoms with Crippen molar-refractivity contribution in [3.05, 3.63) is 95.7 Å². The Hall–Kier alpha value is -3.74. The highest BCUT2D eigenvalue weighted by Crippen LogP contribution is 2.41. The number of halogens is 1. The van der Waals surface area contributed by atoms with Gasteiger partial charge in [0.1, 0.15) is 5.82 Å². The Balaban J connectivity index is 1.87. The van der Waals surface area contributed by atoms with Gasteiger partial charge in [-0.2, -0.15) is 0 Å². The van der Waals surface area contributed by atoms with Gasteiger partial charge in [0.25, 0.3) is 5.91 Å². The standard InChI is InChI=1S/C20H13FN2O4/c21-13-3-5-14(6-4-13)23-17(12-7-9-22-10-8-12)16(19(25)20(23)26)18(24)15-2-1-11-27-15/h1-11,17,25H. The molecule has 0 aliphatic carbocycles. The van der Waals surface area contributed by atoms with Crippen LogP contribution in [0.1, 0.15) is 22.2 Å². The molecule has 1 N–H and O–H groups in total. The zero-order chi connectivity index (χ0) is 19.0. The van der Waals surface area contributed by atoms with E-state index in [9.17, 15) is 19.1 Å². The summed E-state index contributed by atoms with van der Waals surface area (Å²) in [6.45, 7) is 0. The van der Waals surface area contributed by atoms with Crippen LogP contribution in [0.5, 0.6) is 0 Å². The van der Waals surface area contributed by atoms with Gasteiger partial charge in [-0.3, -0.25) is 19.5 Å². The lowest BCUT2D eigenvalue weighted by atomic mass is 9.95. The molecule has 4 rings (SSSR count). The second-order valence-corrected chi connectivity index (χ2v) is 5.90. The molecule has 0 fully saturated rings. The van der Waals surface area contributed by atoms with Gasteiger partial charge in [-0.15, -0.1) is 0 Å². The molecule has 0 saturated heterocycles. The Labute approximate surface area is 153 Å². The molecule has 2 aromatic heterocycles. The first-order valence-electron chi connectivity index (χ1n) is 8.08. The largest absolute Gasteiger partial charge is 0.503 e. The van der Waals surface area contributed by atoms with Gasteiger partial charge in [-0.25, -0.2) is 4.39 Å². The van der Waals surface area contributed by atoms with E-state index in [0.29, 0.717) is 11.3 Å². The van der Waals surface area contributed by atoms with Gasteiger partial charge in [0.15, 0.2) is 11.5 Å². The fourth-order valence-corrected chi connectivity index (χ4v) is 3.11. The van der Waals surface area contributed by atoms with E-state index in [1.807, 2.05) is 0 Å². The molecule has 27 heavy (non-hydrogen) atoms. The van der Waals surface area contributed by atoms with Crippen molar-refractivity contribution in [3.8, 4) is 0 Å². The number of Topliss-reactive ketones (excluding diaryl/α,β-unsaturated/α-hetero) is 1. The van der Waals surface area contributed by atoms with Crippen LogP contribution in [0, 0.1) is 5.82 Å². The number of anilines is 1. The molecular formula is C20H13FN2O4. The van der Waals surface area contributed by atoms with Crippen LogP contribution in [0.3, 0.4) is 0 Å². The number of carbonyl (C=O) groups excluding carboxylic acids is 2. The van der Waals surface area contributed by atoms with Crippen molar-refractivity contribution in [1.29, 1.82) is 0 Å². The molecule has 6 nitrogen and oxygen atoms in total. The molecule has 1 amide bonds. The predicted molar refractivity (Wildman–Crippen MR) is 93.6 cm³/mol. The number of aromatic nitrogens is 1. The zero-order valence-corrected chi connectivity index (χ0v) is 13.9. The normalized spacial score (nSPS) is 16.9. The molecule has 1 aliphatic heterocycles. The summed E-state index contributed by atoms with van der Waals surface area (Å²) in [7, 11) is 0. The van der Waals surface area contributed by atoms with Crippen molar-refractivity contribution in [3.63, 3.8) is 0 Å². The van der Waals surface area contributed by atoms with E-state index in [2.05, 4.69) is 4.98 Å². The zero-order valence-electron chi connectivity index (χ0n) is 13.9. The molecule has 1 aliphatic rings. The molecule has 1 unspecified atom stereocenters. The van der Waals surface area contributed by atoms with E-state index in [0.717, 1.165) is 0 Å². The minimum atomic E-state index is -0.899. The first-order chi connectivity index (χ1) is 13.1. The lowest BCUT2D eigenvalue weighted by Gasteiger charge is -2.26. The van der Waals surface area contributed by atoms with Crippen LogP contribution in [0.2, 0.25) is 0 Å². The van der Waals surface area contributed by atoms with E-state index < -0.39 is 29.3 Å². The van der Waals surface area contributed by atoms with E-state index in [1.165, 1.54) is 53.9 Å². The highest BCUT2D eigenvalue weighted by molar-refractivity contribution is 6.20. The topological polar surface area (TPSA) is 83.6 Å². The summed E-state index contributed by atoms with van der Waals surface area (Å²) >= 11 is 0. The molecule has 3 aromatic rings. The van der Waals surface area contributed by atoms with Gasteiger partial charge in [0.2, 0.25) is 5.78 Å². The molecule has 1 aromatic carbocycles. The van der Waals surface area contributed by atoms with Crippen LogP contribution in [0.15, 0.2) is 82.9 Å². The fourth-order valence-electron chi connectivity index (χ4n) is 3.11. The maximum atomic E-state index is 13.3. The van der Waals surface area contributed by atoms with Gasteiger partial charge in [-0.05, 0) is 54.1 Å². The summed E-state index contributed by atoms with van der Waals surface area (Å²) in [6.07, 6.45) is 4.38. The van der Waals surface area contributed by atoms with Gasteiger partial charge >= 0.3 is 0 Å². The van der Waals surface area contributed by atoms with Gasteiger partial charge in [0.05, 0.1) is 17.9 Å². The number of aliphatic hydroxyl groups excluding tert-OH is 1. The summed E-state index contributed by atoms with van der Waals surface area (Å²) < 4.78 is 18.5. The van der Waals surface area contributed by atoms with Crippen molar-refractivity contribution in [2.45, 2.75) is 6.04 Å². The quantitative estimate of drug-likeness (QED) is 0.715. The monoisotopic (exact) mass is 364 g/mol. The van der Waals surface area contributed by atoms with Crippen LogP contribution in [-0.4, -0.2) is 21.8 Å². The number of amides is 1. The average Bonchev–Trinajstić information content (AvgIpc) is 3.31. The number of pyridine rings is 1. The van der Waals surface area contributed by atoms with Crippen molar-refractivity contribution in [2.24, 2.45) is 0 Å². The van der Waals surface area contributed by atoms with Crippen molar-refractivity contribution < 1.29 is 23.5 Å². The molecule has 1 atom stereocenters. The number of hydrogen-bond acceptors (Lipinski definition) is 5. The predicted octanol–water partition coefficient (Wildman–Crippen LogP) is 3.60. The summed E-state index contributed by atoms with van der Waals surface area (Å²) in [6, 6.07) is 10.6. The third-order valence-corrected chi connectivity index (χ3v) is 4.32. The van der Waals surface area contributed by atoms with E-state index in [1.54, 1.807) is 18.2 Å². The van der Waals surface area contributed by atoms with Crippen molar-refractivity contribution >= 4 is 17.4 Å². The number of hydrogen-bond donors (Lipinski definition) is 1. The maximum absolute atomic E-state index is 13.3. The Morgan fingerprint density at radius 1 is 1.11 bits per heavy atom. The highest BCUT2D eigenvalue weighted by Gasteiger charge is 2.45. The third kappa shape index (κ3) is 2.79. The lowest BCUT2D eigenvalue weighted by molar-refractivity contribution is -0.117. The smallest absolute Gasteiger partial charge is 0.294 e. The number of rotatable bonds is 4. The maximum Gasteiger partial charge on any atom is 0.294 e. The number of furan rings is 1. The fraction of sp³-hybridized carbons (Fsp3) is 0.0500. The first-order valence-corrected chi connectivity index (χ1v) is 8.08. The summed E-state index contributed by atoms with van der Waals surface area (Å²) in [5.41, 5.74) is 0.809. The van der Waals surface area contributed by atoms with Crippen molar-refractivity contribution in [2.75, 3.05) is 4.90 Å². The Morgan fingerprint density at radius 3 is 2.44 bits per heavy atom. The van der Waals surface area contributed by atoms with Crippen LogP contribution in [0.4, 0.5) is 10.1 Å². The van der Waals surface area contributed by atoms with Crippen LogP contribution < -0.4 is 4.90 Å². The molecule has 0 spiro atoms. The number of benzene rings is 1. The van der Waals surface area contributed by atoms with Gasteiger partial charge in [0, 0.05) is 18.1 Å². The summed E-state index contributed by atoms with van der Waals surface area (Å²) in [5, 5.41) is 10.5. The van der Waals surface area contributed by atoms with Crippen LogP contribution >= 0.6 is 0 Å². The Bertz CT molecular complexity index is 1030. The molecule has 134 valence electrons. The highest BCUT2D eigenvalue weighted by atomic mass is 19.1. The number of nitrogens with zero attached hydrogens (tertiary/aromatic N) is 2. The third-order valence-electron chi connectivity index (χ3n) is 4.32. The molecule has 0 saturated carbocycles. The SMILES string of the molecule is O=C(C1=C(O)C(=O)N(c2ccc(F)cc2)C1c1ccncc1)c1ccco1. The minimum absolute atomic E-state index is 0.00404. The number of aliphatic hydroxyl groups is 1. The summed E-state index contributed by atoms with van der Waals surface area (Å²) in [5.74, 6) is -2.47. The molecule has 0 bridgehead atoms. The summed E-state index contributed by atoms with van der Waals surface area (Å²) in [4.78, 5) is 30.9. The second kappa shape index (κ2) is 6.53. The van der Waals surface area contributed by atoms with Crippen LogP contribution in [0.25, 0.3) is 0 Å². The average molecular weight is 364 g/mol. The van der Waals surface area contributed by atoms with E-state index in [4.69, 9.17) is 4.42 Å². The number of carbonyl (C=O) groups is 2. The Morgan fingerprint density at radius 2 is 1.81 bits per heavy atom. The van der Waals surface area contributed by atoms with Crippen molar-refractivity contribution in [1.82, 2.24) is 4.98 Å². The van der Waals surface area contributed by atoms with E-state index in [-0.39, 0.29) is 11.3 Å². The minimum Gasteiger partial charge on any atom is -0.503 e. The Kier molecular flexibility index (Phi) is 4.04. The molecule has 0 radical (unpaired) electrons. The van der Waals surface area contributed by atoms with Gasteiger partial charge in [-0.1, -0.05) is 0 Å².